The molecule has 1 aliphatic heterocycles. The Hall–Kier alpha value is -0.490. The van der Waals surface area contributed by atoms with Crippen LogP contribution < -0.4 is 5.73 Å². The Morgan fingerprint density at radius 3 is 2.48 bits per heavy atom. The van der Waals surface area contributed by atoms with Gasteiger partial charge in [-0.15, -0.1) is 11.3 Å². The molecule has 1 aromatic heterocycles. The van der Waals surface area contributed by atoms with E-state index in [-0.39, 0.29) is 6.04 Å². The van der Waals surface area contributed by atoms with Crippen LogP contribution in [-0.2, 0) is 6.42 Å². The van der Waals surface area contributed by atoms with Gasteiger partial charge in [-0.25, -0.2) is 4.98 Å². The monoisotopic (exact) mass is 308 g/mol. The molecule has 1 saturated carbocycles. The number of aromatic nitrogens is 1. The maximum Gasteiger partial charge on any atom is 0.0944 e. The minimum atomic E-state index is 0.139. The Bertz CT molecular complexity index is 439. The van der Waals surface area contributed by atoms with Crippen molar-refractivity contribution < 1.29 is 0 Å². The predicted molar refractivity (Wildman–Crippen MR) is 88.9 cm³/mol. The van der Waals surface area contributed by atoms with Crippen molar-refractivity contribution in [3.63, 3.8) is 0 Å². The molecule has 1 aromatic rings. The van der Waals surface area contributed by atoms with Crippen molar-refractivity contribution in [2.45, 2.75) is 45.1 Å². The molecule has 21 heavy (non-hydrogen) atoms. The third-order valence-electron chi connectivity index (χ3n) is 4.66. The smallest absolute Gasteiger partial charge is 0.0944 e. The van der Waals surface area contributed by atoms with Gasteiger partial charge in [-0.3, -0.25) is 0 Å². The van der Waals surface area contributed by atoms with Gasteiger partial charge in [-0.2, -0.15) is 0 Å². The second-order valence-corrected chi connectivity index (χ2v) is 7.56. The molecular formula is C16H28N4S. The van der Waals surface area contributed by atoms with Crippen LogP contribution in [0.4, 0.5) is 0 Å². The van der Waals surface area contributed by atoms with Crippen LogP contribution in [0.5, 0.6) is 0 Å². The van der Waals surface area contributed by atoms with Gasteiger partial charge < -0.3 is 15.5 Å². The van der Waals surface area contributed by atoms with Crippen molar-refractivity contribution in [2.75, 3.05) is 39.3 Å². The quantitative estimate of drug-likeness (QED) is 0.875. The number of hydrogen-bond donors (Lipinski definition) is 1. The van der Waals surface area contributed by atoms with Crippen molar-refractivity contribution in [2.24, 2.45) is 5.73 Å². The van der Waals surface area contributed by atoms with Crippen LogP contribution in [-0.4, -0.2) is 54.1 Å². The minimum Gasteiger partial charge on any atom is -0.323 e. The van der Waals surface area contributed by atoms with Crippen molar-refractivity contribution in [1.82, 2.24) is 14.8 Å². The van der Waals surface area contributed by atoms with Crippen LogP contribution in [0.3, 0.4) is 0 Å². The molecule has 3 rings (SSSR count). The molecule has 0 aromatic carbocycles. The number of thiazole rings is 1. The number of hydrogen-bond acceptors (Lipinski definition) is 5. The van der Waals surface area contributed by atoms with Gasteiger partial charge in [0.1, 0.15) is 0 Å². The summed E-state index contributed by atoms with van der Waals surface area (Å²) < 4.78 is 0. The lowest BCUT2D eigenvalue weighted by Gasteiger charge is -2.33. The lowest BCUT2D eigenvalue weighted by molar-refractivity contribution is 0.138. The molecule has 1 unspecified atom stereocenters. The van der Waals surface area contributed by atoms with Gasteiger partial charge in [-0.05, 0) is 26.3 Å². The maximum absolute atomic E-state index is 6.12. The first-order chi connectivity index (χ1) is 10.2. The largest absolute Gasteiger partial charge is 0.323 e. The second-order valence-electron chi connectivity index (χ2n) is 6.45. The van der Waals surface area contributed by atoms with Crippen LogP contribution in [0, 0.1) is 0 Å². The topological polar surface area (TPSA) is 45.4 Å². The molecule has 0 amide bonds. The first kappa shape index (κ1) is 15.4. The third kappa shape index (κ3) is 3.83. The molecule has 0 bridgehead atoms. The fourth-order valence-electron chi connectivity index (χ4n) is 3.06. The highest BCUT2D eigenvalue weighted by atomic mass is 32.1. The van der Waals surface area contributed by atoms with Crippen molar-refractivity contribution >= 4 is 11.3 Å². The summed E-state index contributed by atoms with van der Waals surface area (Å²) in [6.07, 6.45) is 3.70. The Morgan fingerprint density at radius 1 is 1.24 bits per heavy atom. The summed E-state index contributed by atoms with van der Waals surface area (Å²) >= 11 is 1.86. The van der Waals surface area contributed by atoms with Crippen molar-refractivity contribution in [1.29, 1.82) is 0 Å². The van der Waals surface area contributed by atoms with Gasteiger partial charge in [0.2, 0.25) is 0 Å². The summed E-state index contributed by atoms with van der Waals surface area (Å²) in [7, 11) is 0. The molecule has 1 saturated heterocycles. The number of likely N-dealkylation sites (N-methyl/N-ethyl adjacent to an activating group) is 1. The van der Waals surface area contributed by atoms with Gasteiger partial charge in [0.15, 0.2) is 0 Å². The first-order valence-corrected chi connectivity index (χ1v) is 9.18. The molecule has 2 N–H and O–H groups in total. The predicted octanol–water partition coefficient (Wildman–Crippen LogP) is 2.22. The van der Waals surface area contributed by atoms with Gasteiger partial charge in [0.25, 0.3) is 0 Å². The number of nitrogens with zero attached hydrogens (tertiary/aromatic N) is 3. The van der Waals surface area contributed by atoms with E-state index in [1.54, 1.807) is 0 Å². The molecule has 5 heteroatoms. The fraction of sp³-hybridized carbons (Fsp3) is 0.812. The van der Waals surface area contributed by atoms with Gasteiger partial charge in [-0.1, -0.05) is 6.92 Å². The standard InChI is InChI=1S/C16H28N4S/c1-3-19-8-10-20(11-9-19)7-6-14-18-15(13-4-5-13)16(21-14)12(2)17/h12-13H,3-11,17H2,1-2H3. The lowest BCUT2D eigenvalue weighted by atomic mass is 10.2. The molecule has 0 spiro atoms. The molecule has 4 nitrogen and oxygen atoms in total. The number of nitrogens with two attached hydrogens (primary N) is 1. The van der Waals surface area contributed by atoms with Crippen LogP contribution in [0.15, 0.2) is 0 Å². The van der Waals surface area contributed by atoms with Crippen LogP contribution in [0.2, 0.25) is 0 Å². The Labute approximate surface area is 132 Å². The van der Waals surface area contributed by atoms with E-state index in [4.69, 9.17) is 10.7 Å². The highest BCUT2D eigenvalue weighted by Crippen LogP contribution is 2.44. The maximum atomic E-state index is 6.12. The van der Waals surface area contributed by atoms with Crippen molar-refractivity contribution in [3.05, 3.63) is 15.6 Å². The Balaban J connectivity index is 1.54. The summed E-state index contributed by atoms with van der Waals surface area (Å²) in [5.41, 5.74) is 7.44. The molecule has 2 fully saturated rings. The zero-order valence-corrected chi connectivity index (χ0v) is 14.2. The average Bonchev–Trinajstić information content (AvgIpc) is 3.25. The molecule has 2 aliphatic rings. The minimum absolute atomic E-state index is 0.139. The molecule has 1 atom stereocenters. The highest BCUT2D eigenvalue weighted by Gasteiger charge is 2.30. The second kappa shape index (κ2) is 6.73. The Kier molecular flexibility index (Phi) is 4.94. The molecule has 1 aliphatic carbocycles. The molecule has 118 valence electrons. The van der Waals surface area contributed by atoms with E-state index in [0.29, 0.717) is 5.92 Å². The van der Waals surface area contributed by atoms with Crippen LogP contribution >= 0.6 is 11.3 Å². The van der Waals surface area contributed by atoms with Crippen molar-refractivity contribution in [3.8, 4) is 0 Å². The molecular weight excluding hydrogens is 280 g/mol. The highest BCUT2D eigenvalue weighted by molar-refractivity contribution is 7.11. The summed E-state index contributed by atoms with van der Waals surface area (Å²) in [5, 5.41) is 1.29. The van der Waals surface area contributed by atoms with E-state index in [2.05, 4.69) is 23.6 Å². The SMILES string of the molecule is CCN1CCN(CCc2nc(C3CC3)c(C(C)N)s2)CC1. The van der Waals surface area contributed by atoms with E-state index >= 15 is 0 Å². The zero-order chi connectivity index (χ0) is 14.8. The van der Waals surface area contributed by atoms with Crippen LogP contribution in [0.25, 0.3) is 0 Å². The van der Waals surface area contributed by atoms with E-state index in [1.807, 2.05) is 11.3 Å². The van der Waals surface area contributed by atoms with Gasteiger partial charge >= 0.3 is 0 Å². The van der Waals surface area contributed by atoms with E-state index < -0.39 is 0 Å². The normalized spacial score (nSPS) is 22.6. The number of rotatable bonds is 6. The van der Waals surface area contributed by atoms with Crippen LogP contribution in [0.1, 0.15) is 54.2 Å². The van der Waals surface area contributed by atoms with Gasteiger partial charge in [0, 0.05) is 56.0 Å². The summed E-state index contributed by atoms with van der Waals surface area (Å²) in [5.74, 6) is 0.712. The van der Waals surface area contributed by atoms with E-state index in [1.165, 1.54) is 61.1 Å². The third-order valence-corrected chi connectivity index (χ3v) is 5.99. The van der Waals surface area contributed by atoms with Gasteiger partial charge in [0.05, 0.1) is 10.7 Å². The summed E-state index contributed by atoms with van der Waals surface area (Å²) in [4.78, 5) is 11.4. The lowest BCUT2D eigenvalue weighted by Crippen LogP contribution is -2.46. The molecule has 2 heterocycles. The zero-order valence-electron chi connectivity index (χ0n) is 13.3. The van der Waals surface area contributed by atoms with E-state index in [0.717, 1.165) is 13.0 Å². The van der Waals surface area contributed by atoms with E-state index in [9.17, 15) is 0 Å². The number of piperazine rings is 1. The fourth-order valence-corrected chi connectivity index (χ4v) is 4.15. The Morgan fingerprint density at radius 2 is 1.90 bits per heavy atom. The average molecular weight is 308 g/mol. The molecule has 0 radical (unpaired) electrons. The first-order valence-electron chi connectivity index (χ1n) is 8.37. The summed E-state index contributed by atoms with van der Waals surface area (Å²) in [6.45, 7) is 11.5. The summed E-state index contributed by atoms with van der Waals surface area (Å²) in [6, 6.07) is 0.139.